The summed E-state index contributed by atoms with van der Waals surface area (Å²) in [5.41, 5.74) is 0.807. The molecule has 0 aromatic heterocycles. The Morgan fingerprint density at radius 2 is 1.78 bits per heavy atom. The van der Waals surface area contributed by atoms with E-state index in [1.54, 1.807) is 6.07 Å². The smallest absolute Gasteiger partial charge is 0.264 e. The number of piperidine rings is 1. The number of fused-ring (bicyclic) bond motifs is 1. The Hall–Kier alpha value is -1.36. The van der Waals surface area contributed by atoms with Crippen LogP contribution in [0.15, 0.2) is 12.1 Å². The van der Waals surface area contributed by atoms with E-state index in [1.807, 2.05) is 0 Å². The Morgan fingerprint density at radius 3 is 2.44 bits per heavy atom. The van der Waals surface area contributed by atoms with Crippen LogP contribution in [0.2, 0.25) is 0 Å². The minimum absolute atomic E-state index is 0.0890. The van der Waals surface area contributed by atoms with Crippen LogP contribution in [0.3, 0.4) is 0 Å². The van der Waals surface area contributed by atoms with Gasteiger partial charge in [-0.2, -0.15) is 0 Å². The van der Waals surface area contributed by atoms with E-state index in [1.165, 1.54) is 6.07 Å². The SMILES string of the molecule is FC(F)c1cc2c(cc1C1CCNCC1)OCO2. The average Bonchev–Trinajstić information content (AvgIpc) is 2.85. The van der Waals surface area contributed by atoms with E-state index in [4.69, 9.17) is 9.47 Å². The average molecular weight is 255 g/mol. The molecule has 2 heterocycles. The largest absolute Gasteiger partial charge is 0.454 e. The molecule has 2 aliphatic heterocycles. The second-order valence-corrected chi connectivity index (χ2v) is 4.66. The fourth-order valence-corrected chi connectivity index (χ4v) is 2.65. The molecule has 5 heteroatoms. The summed E-state index contributed by atoms with van der Waals surface area (Å²) < 4.78 is 36.7. The molecule has 0 amide bonds. The van der Waals surface area contributed by atoms with Crippen LogP contribution in [0.4, 0.5) is 8.78 Å². The third-order valence-corrected chi connectivity index (χ3v) is 3.59. The summed E-state index contributed by atoms with van der Waals surface area (Å²) in [6, 6.07) is 3.17. The molecule has 0 aliphatic carbocycles. The van der Waals surface area contributed by atoms with Crippen LogP contribution < -0.4 is 14.8 Å². The van der Waals surface area contributed by atoms with Gasteiger partial charge in [-0.05, 0) is 49.5 Å². The van der Waals surface area contributed by atoms with Gasteiger partial charge in [0.1, 0.15) is 0 Å². The van der Waals surface area contributed by atoms with E-state index in [0.29, 0.717) is 11.5 Å². The molecule has 0 radical (unpaired) electrons. The summed E-state index contributed by atoms with van der Waals surface area (Å²) in [4.78, 5) is 0. The first-order valence-corrected chi connectivity index (χ1v) is 6.18. The molecule has 1 saturated heterocycles. The first-order chi connectivity index (χ1) is 8.75. The van der Waals surface area contributed by atoms with Crippen molar-refractivity contribution in [1.82, 2.24) is 5.32 Å². The normalized spacial score (nSPS) is 19.5. The standard InChI is InChI=1S/C13H15F2NO2/c14-13(15)10-6-12-11(17-7-18-12)5-9(10)8-1-3-16-4-2-8/h5-6,8,13,16H,1-4,7H2. The van der Waals surface area contributed by atoms with Gasteiger partial charge in [-0.3, -0.25) is 0 Å². The van der Waals surface area contributed by atoms with Crippen LogP contribution in [-0.2, 0) is 0 Å². The second-order valence-electron chi connectivity index (χ2n) is 4.66. The zero-order valence-electron chi connectivity index (χ0n) is 9.92. The Labute approximate surface area is 104 Å². The number of ether oxygens (including phenoxy) is 2. The molecular weight excluding hydrogens is 240 g/mol. The summed E-state index contributed by atoms with van der Waals surface area (Å²) in [6.07, 6.45) is -0.692. The molecule has 1 N–H and O–H groups in total. The Bertz CT molecular complexity index is 445. The van der Waals surface area contributed by atoms with E-state index in [-0.39, 0.29) is 18.3 Å². The fraction of sp³-hybridized carbons (Fsp3) is 0.538. The lowest BCUT2D eigenvalue weighted by atomic mass is 9.87. The Balaban J connectivity index is 2.00. The van der Waals surface area contributed by atoms with Crippen molar-refractivity contribution in [1.29, 1.82) is 0 Å². The number of halogens is 2. The molecule has 3 rings (SSSR count). The topological polar surface area (TPSA) is 30.5 Å². The van der Waals surface area contributed by atoms with Gasteiger partial charge in [-0.15, -0.1) is 0 Å². The summed E-state index contributed by atoms with van der Waals surface area (Å²) in [5, 5.41) is 3.24. The van der Waals surface area contributed by atoms with Crippen molar-refractivity contribution in [3.8, 4) is 11.5 Å². The molecule has 1 aromatic rings. The quantitative estimate of drug-likeness (QED) is 0.881. The van der Waals surface area contributed by atoms with E-state index < -0.39 is 6.43 Å². The molecule has 98 valence electrons. The van der Waals surface area contributed by atoms with Crippen LogP contribution >= 0.6 is 0 Å². The highest BCUT2D eigenvalue weighted by Gasteiger charge is 2.26. The van der Waals surface area contributed by atoms with Crippen molar-refractivity contribution >= 4 is 0 Å². The molecule has 0 bridgehead atoms. The van der Waals surface area contributed by atoms with Gasteiger partial charge < -0.3 is 14.8 Å². The fourth-order valence-electron chi connectivity index (χ4n) is 2.65. The van der Waals surface area contributed by atoms with Crippen LogP contribution in [0, 0.1) is 0 Å². The molecule has 0 atom stereocenters. The monoisotopic (exact) mass is 255 g/mol. The van der Waals surface area contributed by atoms with Crippen LogP contribution in [-0.4, -0.2) is 19.9 Å². The lowest BCUT2D eigenvalue weighted by molar-refractivity contribution is 0.148. The third-order valence-electron chi connectivity index (χ3n) is 3.59. The zero-order valence-corrected chi connectivity index (χ0v) is 9.92. The van der Waals surface area contributed by atoms with Gasteiger partial charge >= 0.3 is 0 Å². The highest BCUT2D eigenvalue weighted by molar-refractivity contribution is 5.50. The van der Waals surface area contributed by atoms with Crippen LogP contribution in [0.5, 0.6) is 11.5 Å². The van der Waals surface area contributed by atoms with Gasteiger partial charge in [0.25, 0.3) is 6.43 Å². The lowest BCUT2D eigenvalue weighted by Gasteiger charge is -2.25. The molecule has 3 nitrogen and oxygen atoms in total. The van der Waals surface area contributed by atoms with Gasteiger partial charge in [0, 0.05) is 5.56 Å². The van der Waals surface area contributed by atoms with Crippen LogP contribution in [0.1, 0.15) is 36.3 Å². The van der Waals surface area contributed by atoms with Gasteiger partial charge in [0.2, 0.25) is 6.79 Å². The predicted octanol–water partition coefficient (Wildman–Crippen LogP) is 2.82. The van der Waals surface area contributed by atoms with Gasteiger partial charge in [0.05, 0.1) is 0 Å². The first kappa shape index (κ1) is 11.7. The maximum Gasteiger partial charge on any atom is 0.264 e. The van der Waals surface area contributed by atoms with Crippen molar-refractivity contribution in [2.24, 2.45) is 0 Å². The van der Waals surface area contributed by atoms with Crippen LogP contribution in [0.25, 0.3) is 0 Å². The van der Waals surface area contributed by atoms with Gasteiger partial charge in [0.15, 0.2) is 11.5 Å². The molecule has 2 aliphatic rings. The Kier molecular flexibility index (Phi) is 3.07. The summed E-state index contributed by atoms with van der Waals surface area (Å²) in [6.45, 7) is 1.87. The van der Waals surface area contributed by atoms with Crippen molar-refractivity contribution in [3.63, 3.8) is 0 Å². The minimum atomic E-state index is -2.47. The van der Waals surface area contributed by atoms with Crippen molar-refractivity contribution < 1.29 is 18.3 Å². The zero-order chi connectivity index (χ0) is 12.5. The maximum absolute atomic E-state index is 13.1. The minimum Gasteiger partial charge on any atom is -0.454 e. The summed E-state index contributed by atoms with van der Waals surface area (Å²) in [7, 11) is 0. The molecule has 1 aromatic carbocycles. The highest BCUT2D eigenvalue weighted by Crippen LogP contribution is 2.42. The van der Waals surface area contributed by atoms with Crippen molar-refractivity contribution in [3.05, 3.63) is 23.3 Å². The number of benzene rings is 1. The third kappa shape index (κ3) is 2.03. The van der Waals surface area contributed by atoms with E-state index in [9.17, 15) is 8.78 Å². The number of alkyl halides is 2. The van der Waals surface area contributed by atoms with Gasteiger partial charge in [-0.1, -0.05) is 0 Å². The Morgan fingerprint density at radius 1 is 1.11 bits per heavy atom. The number of rotatable bonds is 2. The first-order valence-electron chi connectivity index (χ1n) is 6.18. The molecular formula is C13H15F2NO2. The second kappa shape index (κ2) is 4.72. The molecule has 18 heavy (non-hydrogen) atoms. The van der Waals surface area contributed by atoms with Gasteiger partial charge in [-0.25, -0.2) is 8.78 Å². The number of hydrogen-bond donors (Lipinski definition) is 1. The van der Waals surface area contributed by atoms with Crippen molar-refractivity contribution in [2.75, 3.05) is 19.9 Å². The predicted molar refractivity (Wildman–Crippen MR) is 62.4 cm³/mol. The summed E-state index contributed by atoms with van der Waals surface area (Å²) >= 11 is 0. The number of nitrogens with one attached hydrogen (secondary N) is 1. The molecule has 0 unspecified atom stereocenters. The van der Waals surface area contributed by atoms with Crippen molar-refractivity contribution in [2.45, 2.75) is 25.2 Å². The lowest BCUT2D eigenvalue weighted by Crippen LogP contribution is -2.27. The number of hydrogen-bond acceptors (Lipinski definition) is 3. The molecule has 0 saturated carbocycles. The highest BCUT2D eigenvalue weighted by atomic mass is 19.3. The van der Waals surface area contributed by atoms with E-state index >= 15 is 0 Å². The van der Waals surface area contributed by atoms with E-state index in [0.717, 1.165) is 31.5 Å². The van der Waals surface area contributed by atoms with E-state index in [2.05, 4.69) is 5.32 Å². The molecule has 1 fully saturated rings. The molecule has 0 spiro atoms. The summed E-state index contributed by atoms with van der Waals surface area (Å²) in [5.74, 6) is 1.21. The maximum atomic E-state index is 13.1.